The molecular weight excluding hydrogens is 280 g/mol. The Balaban J connectivity index is 1.89. The molecule has 3 rings (SSSR count). The van der Waals surface area contributed by atoms with Crippen LogP contribution in [0.25, 0.3) is 11.4 Å². The number of thiophene rings is 1. The summed E-state index contributed by atoms with van der Waals surface area (Å²) in [5.74, 6) is 1.55. The average molecular weight is 298 g/mol. The summed E-state index contributed by atoms with van der Waals surface area (Å²) in [5, 5.41) is 10.7. The molecule has 0 saturated carbocycles. The van der Waals surface area contributed by atoms with Crippen molar-refractivity contribution in [3.8, 4) is 11.4 Å². The van der Waals surface area contributed by atoms with E-state index in [1.165, 1.54) is 9.75 Å². The van der Waals surface area contributed by atoms with E-state index < -0.39 is 0 Å². The molecule has 0 aliphatic rings. The number of hydrogen-bond acceptors (Lipinski definition) is 4. The lowest BCUT2D eigenvalue weighted by Crippen LogP contribution is -2.06. The first-order valence-electron chi connectivity index (χ1n) is 6.95. The lowest BCUT2D eigenvalue weighted by molar-refractivity contribution is 0.908. The third-order valence-electron chi connectivity index (χ3n) is 3.33. The number of H-pyrrole nitrogens is 1. The van der Waals surface area contributed by atoms with Crippen molar-refractivity contribution in [2.75, 3.05) is 5.32 Å². The SMILES string of the molecule is Cc1nc(-c2ccccc2NC(C)c2ccc(C)s2)n[nH]1. The van der Waals surface area contributed by atoms with Crippen LogP contribution < -0.4 is 5.32 Å². The Kier molecular flexibility index (Phi) is 3.75. The van der Waals surface area contributed by atoms with Gasteiger partial charge in [0.2, 0.25) is 0 Å². The zero-order valence-corrected chi connectivity index (χ0v) is 13.2. The third-order valence-corrected chi connectivity index (χ3v) is 4.51. The Morgan fingerprint density at radius 3 is 2.62 bits per heavy atom. The van der Waals surface area contributed by atoms with E-state index in [-0.39, 0.29) is 6.04 Å². The molecule has 1 aromatic carbocycles. The molecule has 0 bridgehead atoms. The van der Waals surface area contributed by atoms with E-state index in [0.29, 0.717) is 0 Å². The largest absolute Gasteiger partial charge is 0.377 e. The number of anilines is 1. The normalized spacial score (nSPS) is 12.3. The molecule has 0 spiro atoms. The first kappa shape index (κ1) is 13.8. The molecule has 2 aromatic heterocycles. The van der Waals surface area contributed by atoms with Crippen LogP contribution in [0.3, 0.4) is 0 Å². The standard InChI is InChI=1S/C16H18N4S/c1-10-8-9-15(21-10)11(2)17-14-7-5-4-6-13(14)16-18-12(3)19-20-16/h4-9,11,17H,1-3H3,(H,18,19,20). The molecule has 0 aliphatic heterocycles. The lowest BCUT2D eigenvalue weighted by atomic mass is 10.1. The van der Waals surface area contributed by atoms with Crippen LogP contribution >= 0.6 is 11.3 Å². The minimum Gasteiger partial charge on any atom is -0.377 e. The van der Waals surface area contributed by atoms with Gasteiger partial charge in [-0.2, -0.15) is 5.10 Å². The van der Waals surface area contributed by atoms with E-state index >= 15 is 0 Å². The number of aryl methyl sites for hydroxylation is 2. The van der Waals surface area contributed by atoms with Crippen LogP contribution in [0, 0.1) is 13.8 Å². The molecule has 21 heavy (non-hydrogen) atoms. The molecule has 4 nitrogen and oxygen atoms in total. The summed E-state index contributed by atoms with van der Waals surface area (Å²) >= 11 is 1.82. The first-order valence-corrected chi connectivity index (χ1v) is 7.76. The van der Waals surface area contributed by atoms with Crippen molar-refractivity contribution in [1.29, 1.82) is 0 Å². The number of hydrogen-bond donors (Lipinski definition) is 2. The molecule has 0 amide bonds. The fourth-order valence-electron chi connectivity index (χ4n) is 2.26. The van der Waals surface area contributed by atoms with Crippen LogP contribution in [0.1, 0.15) is 28.5 Å². The second-order valence-electron chi connectivity index (χ2n) is 5.10. The van der Waals surface area contributed by atoms with Crippen molar-refractivity contribution in [1.82, 2.24) is 15.2 Å². The summed E-state index contributed by atoms with van der Waals surface area (Å²) in [6.45, 7) is 6.21. The van der Waals surface area contributed by atoms with E-state index in [2.05, 4.69) is 52.5 Å². The first-order chi connectivity index (χ1) is 10.1. The van der Waals surface area contributed by atoms with E-state index in [4.69, 9.17) is 0 Å². The van der Waals surface area contributed by atoms with Crippen molar-refractivity contribution < 1.29 is 0 Å². The van der Waals surface area contributed by atoms with E-state index in [1.807, 2.05) is 36.5 Å². The second-order valence-corrected chi connectivity index (χ2v) is 6.42. The van der Waals surface area contributed by atoms with Gasteiger partial charge in [0.1, 0.15) is 5.82 Å². The summed E-state index contributed by atoms with van der Waals surface area (Å²) in [7, 11) is 0. The topological polar surface area (TPSA) is 53.6 Å². The lowest BCUT2D eigenvalue weighted by Gasteiger charge is -2.16. The maximum atomic E-state index is 4.42. The predicted molar refractivity (Wildman–Crippen MR) is 87.6 cm³/mol. The molecule has 3 aromatic rings. The van der Waals surface area contributed by atoms with Gasteiger partial charge in [0, 0.05) is 21.0 Å². The molecule has 5 heteroatoms. The predicted octanol–water partition coefficient (Wildman–Crippen LogP) is 4.32. The van der Waals surface area contributed by atoms with Gasteiger partial charge >= 0.3 is 0 Å². The molecule has 0 radical (unpaired) electrons. The molecular formula is C16H18N4S. The summed E-state index contributed by atoms with van der Waals surface area (Å²) in [6.07, 6.45) is 0. The number of para-hydroxylation sites is 1. The van der Waals surface area contributed by atoms with Crippen LogP contribution in [-0.2, 0) is 0 Å². The highest BCUT2D eigenvalue weighted by Crippen LogP contribution is 2.30. The summed E-state index contributed by atoms with van der Waals surface area (Å²) in [5.41, 5.74) is 2.07. The van der Waals surface area contributed by atoms with Gasteiger partial charge in [0.15, 0.2) is 5.82 Å². The Bertz CT molecular complexity index is 744. The van der Waals surface area contributed by atoms with Gasteiger partial charge in [0.25, 0.3) is 0 Å². The van der Waals surface area contributed by atoms with Crippen molar-refractivity contribution in [2.24, 2.45) is 0 Å². The monoisotopic (exact) mass is 298 g/mol. The number of benzene rings is 1. The fourth-order valence-corrected chi connectivity index (χ4v) is 3.14. The Hall–Kier alpha value is -2.14. The molecule has 1 unspecified atom stereocenters. The van der Waals surface area contributed by atoms with Gasteiger partial charge in [0.05, 0.1) is 6.04 Å². The van der Waals surface area contributed by atoms with E-state index in [0.717, 1.165) is 22.9 Å². The number of nitrogens with zero attached hydrogens (tertiary/aromatic N) is 2. The average Bonchev–Trinajstić information content (AvgIpc) is 3.08. The minimum absolute atomic E-state index is 0.255. The Morgan fingerprint density at radius 1 is 1.14 bits per heavy atom. The molecule has 0 saturated heterocycles. The maximum Gasteiger partial charge on any atom is 0.183 e. The van der Waals surface area contributed by atoms with Gasteiger partial charge in [-0.3, -0.25) is 5.10 Å². The molecule has 1 atom stereocenters. The van der Waals surface area contributed by atoms with Crippen LogP contribution in [0.5, 0.6) is 0 Å². The molecule has 2 N–H and O–H groups in total. The molecule has 0 fully saturated rings. The van der Waals surface area contributed by atoms with Gasteiger partial charge in [-0.25, -0.2) is 4.98 Å². The van der Waals surface area contributed by atoms with Gasteiger partial charge < -0.3 is 5.32 Å². The number of aromatic amines is 1. The zero-order valence-electron chi connectivity index (χ0n) is 12.3. The van der Waals surface area contributed by atoms with Gasteiger partial charge in [-0.1, -0.05) is 12.1 Å². The highest BCUT2D eigenvalue weighted by atomic mass is 32.1. The highest BCUT2D eigenvalue weighted by Gasteiger charge is 2.13. The second kappa shape index (κ2) is 5.69. The van der Waals surface area contributed by atoms with E-state index in [1.54, 1.807) is 0 Å². The summed E-state index contributed by atoms with van der Waals surface area (Å²) in [4.78, 5) is 7.08. The molecule has 0 aliphatic carbocycles. The van der Waals surface area contributed by atoms with Crippen molar-refractivity contribution in [3.05, 3.63) is 52.0 Å². The number of rotatable bonds is 4. The highest BCUT2D eigenvalue weighted by molar-refractivity contribution is 7.12. The zero-order chi connectivity index (χ0) is 14.8. The van der Waals surface area contributed by atoms with Gasteiger partial charge in [-0.15, -0.1) is 11.3 Å². The Morgan fingerprint density at radius 2 is 1.95 bits per heavy atom. The smallest absolute Gasteiger partial charge is 0.183 e. The van der Waals surface area contributed by atoms with Crippen LogP contribution in [0.2, 0.25) is 0 Å². The fraction of sp³-hybridized carbons (Fsp3) is 0.250. The van der Waals surface area contributed by atoms with Crippen molar-refractivity contribution in [2.45, 2.75) is 26.8 Å². The maximum absolute atomic E-state index is 4.42. The quantitative estimate of drug-likeness (QED) is 0.754. The Labute approximate surface area is 128 Å². The third kappa shape index (κ3) is 2.97. The van der Waals surface area contributed by atoms with Crippen LogP contribution in [0.15, 0.2) is 36.4 Å². The summed E-state index contributed by atoms with van der Waals surface area (Å²) < 4.78 is 0. The van der Waals surface area contributed by atoms with E-state index in [9.17, 15) is 0 Å². The van der Waals surface area contributed by atoms with Crippen molar-refractivity contribution in [3.63, 3.8) is 0 Å². The van der Waals surface area contributed by atoms with Crippen molar-refractivity contribution >= 4 is 17.0 Å². The number of aromatic nitrogens is 3. The minimum atomic E-state index is 0.255. The molecule has 108 valence electrons. The summed E-state index contributed by atoms with van der Waals surface area (Å²) in [6, 6.07) is 12.7. The van der Waals surface area contributed by atoms with Crippen LogP contribution in [0.4, 0.5) is 5.69 Å². The number of nitrogens with one attached hydrogen (secondary N) is 2. The molecule has 2 heterocycles. The van der Waals surface area contributed by atoms with Gasteiger partial charge in [-0.05, 0) is 45.0 Å². The van der Waals surface area contributed by atoms with Crippen LogP contribution in [-0.4, -0.2) is 15.2 Å².